The summed E-state index contributed by atoms with van der Waals surface area (Å²) >= 11 is 0. The summed E-state index contributed by atoms with van der Waals surface area (Å²) in [6, 6.07) is 5.86. The van der Waals surface area contributed by atoms with Crippen LogP contribution in [0.15, 0.2) is 34.0 Å². The van der Waals surface area contributed by atoms with Crippen molar-refractivity contribution in [3.05, 3.63) is 51.6 Å². The standard InChI is InChI=1S/C16H16N2O6S/c1-10-5-7-11(8-6-10)25(22,23)24-14-13(16(20)21)15(19)18-9-3-2-4-12(18)17-14/h5-8H,2-4,9H2,1H3,(H,20,21). The number of aromatic carboxylic acids is 1. The summed E-state index contributed by atoms with van der Waals surface area (Å²) in [7, 11) is -4.30. The van der Waals surface area contributed by atoms with Gasteiger partial charge in [-0.05, 0) is 31.9 Å². The number of fused-ring (bicyclic) bond motifs is 1. The zero-order valence-corrected chi connectivity index (χ0v) is 14.2. The predicted octanol–water partition coefficient (Wildman–Crippen LogP) is 1.35. The van der Waals surface area contributed by atoms with Crippen LogP contribution in [0, 0.1) is 6.92 Å². The summed E-state index contributed by atoms with van der Waals surface area (Å²) in [5, 5.41) is 9.32. The van der Waals surface area contributed by atoms with Crippen molar-refractivity contribution in [1.82, 2.24) is 9.55 Å². The molecule has 25 heavy (non-hydrogen) atoms. The zero-order chi connectivity index (χ0) is 18.2. The van der Waals surface area contributed by atoms with Crippen molar-refractivity contribution in [3.63, 3.8) is 0 Å². The lowest BCUT2D eigenvalue weighted by molar-refractivity contribution is 0.0691. The highest BCUT2D eigenvalue weighted by atomic mass is 32.2. The minimum absolute atomic E-state index is 0.144. The van der Waals surface area contributed by atoms with Crippen molar-refractivity contribution in [3.8, 4) is 5.88 Å². The molecule has 132 valence electrons. The molecule has 0 amide bonds. The lowest BCUT2D eigenvalue weighted by atomic mass is 10.1. The molecule has 0 saturated heterocycles. The Balaban J connectivity index is 2.10. The minimum Gasteiger partial charge on any atom is -0.477 e. The van der Waals surface area contributed by atoms with Gasteiger partial charge in [0.05, 0.1) is 0 Å². The molecule has 1 N–H and O–H groups in total. The van der Waals surface area contributed by atoms with E-state index in [4.69, 9.17) is 4.18 Å². The molecule has 1 aromatic carbocycles. The van der Waals surface area contributed by atoms with E-state index in [9.17, 15) is 23.1 Å². The number of benzene rings is 1. The van der Waals surface area contributed by atoms with E-state index in [0.29, 0.717) is 18.8 Å². The fraction of sp³-hybridized carbons (Fsp3) is 0.312. The number of hydrogen-bond donors (Lipinski definition) is 1. The van der Waals surface area contributed by atoms with Crippen molar-refractivity contribution in [2.45, 2.75) is 37.6 Å². The molecule has 1 aliphatic rings. The summed E-state index contributed by atoms with van der Waals surface area (Å²) in [6.07, 6.45) is 1.97. The molecule has 0 atom stereocenters. The Kier molecular flexibility index (Phi) is 4.34. The second-order valence-corrected chi connectivity index (χ2v) is 7.32. The topological polar surface area (TPSA) is 116 Å². The first kappa shape index (κ1) is 17.2. The fourth-order valence-corrected chi connectivity index (χ4v) is 3.55. The highest BCUT2D eigenvalue weighted by Gasteiger charge is 2.28. The van der Waals surface area contributed by atoms with Gasteiger partial charge in [-0.15, -0.1) is 0 Å². The second kappa shape index (κ2) is 6.32. The summed E-state index contributed by atoms with van der Waals surface area (Å²) in [5.41, 5.74) is -0.719. The Bertz CT molecular complexity index is 993. The van der Waals surface area contributed by atoms with Gasteiger partial charge >= 0.3 is 16.1 Å². The maximum atomic E-state index is 12.4. The molecule has 2 aromatic rings. The van der Waals surface area contributed by atoms with Crippen molar-refractivity contribution in [2.24, 2.45) is 0 Å². The number of rotatable bonds is 4. The van der Waals surface area contributed by atoms with E-state index in [0.717, 1.165) is 18.4 Å². The molecule has 0 aliphatic carbocycles. The summed E-state index contributed by atoms with van der Waals surface area (Å²) in [4.78, 5) is 27.7. The van der Waals surface area contributed by atoms with Gasteiger partial charge in [0.25, 0.3) is 11.4 Å². The molecule has 0 spiro atoms. The molecule has 0 fully saturated rings. The molecule has 2 heterocycles. The first-order valence-corrected chi connectivity index (χ1v) is 9.08. The van der Waals surface area contributed by atoms with E-state index < -0.39 is 33.1 Å². The molecular weight excluding hydrogens is 348 g/mol. The first-order valence-electron chi connectivity index (χ1n) is 7.68. The van der Waals surface area contributed by atoms with E-state index in [1.165, 1.54) is 16.7 Å². The van der Waals surface area contributed by atoms with Gasteiger partial charge < -0.3 is 9.29 Å². The highest BCUT2D eigenvalue weighted by molar-refractivity contribution is 7.87. The van der Waals surface area contributed by atoms with Crippen LogP contribution in [0.3, 0.4) is 0 Å². The smallest absolute Gasteiger partial charge is 0.347 e. The molecule has 0 radical (unpaired) electrons. The molecule has 3 rings (SSSR count). The third kappa shape index (κ3) is 3.27. The maximum absolute atomic E-state index is 12.4. The fourth-order valence-electron chi connectivity index (χ4n) is 2.65. The van der Waals surface area contributed by atoms with Crippen LogP contribution in [-0.2, 0) is 23.1 Å². The van der Waals surface area contributed by atoms with Gasteiger partial charge in [-0.3, -0.25) is 9.36 Å². The number of aromatic nitrogens is 2. The van der Waals surface area contributed by atoms with Gasteiger partial charge in [-0.2, -0.15) is 13.4 Å². The lowest BCUT2D eigenvalue weighted by Crippen LogP contribution is -2.33. The molecule has 0 saturated carbocycles. The summed E-state index contributed by atoms with van der Waals surface area (Å²) in [5.74, 6) is -1.94. The first-order chi connectivity index (χ1) is 11.8. The molecule has 0 bridgehead atoms. The van der Waals surface area contributed by atoms with Crippen LogP contribution in [0.25, 0.3) is 0 Å². The monoisotopic (exact) mass is 364 g/mol. The van der Waals surface area contributed by atoms with Crippen LogP contribution in [-0.4, -0.2) is 29.0 Å². The van der Waals surface area contributed by atoms with Gasteiger partial charge in [0.1, 0.15) is 10.7 Å². The Morgan fingerprint density at radius 3 is 2.56 bits per heavy atom. The second-order valence-electron chi connectivity index (χ2n) is 5.78. The van der Waals surface area contributed by atoms with Crippen LogP contribution in [0.2, 0.25) is 0 Å². The minimum atomic E-state index is -4.30. The van der Waals surface area contributed by atoms with Crippen molar-refractivity contribution >= 4 is 16.1 Å². The molecular formula is C16H16N2O6S. The van der Waals surface area contributed by atoms with Crippen molar-refractivity contribution < 1.29 is 22.5 Å². The molecule has 1 aromatic heterocycles. The van der Waals surface area contributed by atoms with Crippen molar-refractivity contribution in [2.75, 3.05) is 0 Å². The predicted molar refractivity (Wildman–Crippen MR) is 87.4 cm³/mol. The Morgan fingerprint density at radius 1 is 1.24 bits per heavy atom. The van der Waals surface area contributed by atoms with Crippen molar-refractivity contribution in [1.29, 1.82) is 0 Å². The quantitative estimate of drug-likeness (QED) is 0.814. The Labute approximate surface area is 143 Å². The molecule has 0 unspecified atom stereocenters. The van der Waals surface area contributed by atoms with Crippen LogP contribution >= 0.6 is 0 Å². The van der Waals surface area contributed by atoms with Crippen LogP contribution in [0.5, 0.6) is 5.88 Å². The number of carboxylic acid groups (broad SMARTS) is 1. The van der Waals surface area contributed by atoms with E-state index in [-0.39, 0.29) is 4.90 Å². The average molecular weight is 364 g/mol. The van der Waals surface area contributed by atoms with Gasteiger partial charge in [-0.1, -0.05) is 17.7 Å². The third-order valence-electron chi connectivity index (χ3n) is 3.96. The normalized spacial score (nSPS) is 14.0. The zero-order valence-electron chi connectivity index (χ0n) is 13.4. The van der Waals surface area contributed by atoms with E-state index >= 15 is 0 Å². The number of carboxylic acids is 1. The van der Waals surface area contributed by atoms with Gasteiger partial charge in [-0.25, -0.2) is 4.79 Å². The van der Waals surface area contributed by atoms with Crippen LogP contribution < -0.4 is 9.74 Å². The van der Waals surface area contributed by atoms with Crippen LogP contribution in [0.1, 0.15) is 34.6 Å². The summed E-state index contributed by atoms with van der Waals surface area (Å²) in [6.45, 7) is 2.15. The average Bonchev–Trinajstić information content (AvgIpc) is 2.54. The largest absolute Gasteiger partial charge is 0.477 e. The Hall–Kier alpha value is -2.68. The third-order valence-corrected chi connectivity index (χ3v) is 5.19. The summed E-state index contributed by atoms with van der Waals surface area (Å²) < 4.78 is 31.0. The number of nitrogens with zero attached hydrogens (tertiary/aromatic N) is 2. The number of aryl methyl sites for hydroxylation is 2. The van der Waals surface area contributed by atoms with Gasteiger partial charge in [0.2, 0.25) is 0 Å². The van der Waals surface area contributed by atoms with E-state index in [1.807, 2.05) is 0 Å². The van der Waals surface area contributed by atoms with Gasteiger partial charge in [0, 0.05) is 13.0 Å². The van der Waals surface area contributed by atoms with Gasteiger partial charge in [0.15, 0.2) is 5.56 Å². The maximum Gasteiger partial charge on any atom is 0.347 e. The molecule has 8 nitrogen and oxygen atoms in total. The highest BCUT2D eigenvalue weighted by Crippen LogP contribution is 2.22. The van der Waals surface area contributed by atoms with E-state index in [2.05, 4.69) is 4.98 Å². The lowest BCUT2D eigenvalue weighted by Gasteiger charge is -2.19. The number of hydrogen-bond acceptors (Lipinski definition) is 6. The van der Waals surface area contributed by atoms with Crippen LogP contribution in [0.4, 0.5) is 0 Å². The SMILES string of the molecule is Cc1ccc(S(=O)(=O)Oc2nc3n(c(=O)c2C(=O)O)CCCC3)cc1. The Morgan fingerprint density at radius 2 is 1.92 bits per heavy atom. The number of carbonyl (C=O) groups is 1. The molecule has 9 heteroatoms. The van der Waals surface area contributed by atoms with E-state index in [1.54, 1.807) is 19.1 Å². The molecule has 1 aliphatic heterocycles.